The third kappa shape index (κ3) is 3.58. The van der Waals surface area contributed by atoms with E-state index in [4.69, 9.17) is 16.3 Å². The predicted molar refractivity (Wildman–Crippen MR) is 90.3 cm³/mol. The van der Waals surface area contributed by atoms with Crippen molar-refractivity contribution in [2.24, 2.45) is 0 Å². The third-order valence-electron chi connectivity index (χ3n) is 3.67. The van der Waals surface area contributed by atoms with E-state index in [9.17, 15) is 0 Å². The molecule has 112 valence electrons. The lowest BCUT2D eigenvalue weighted by atomic mass is 9.94. The molecule has 0 aliphatic heterocycles. The minimum atomic E-state index is 0.762. The summed E-state index contributed by atoms with van der Waals surface area (Å²) in [5.41, 5.74) is 5.98. The molecule has 0 fully saturated rings. The zero-order valence-corrected chi connectivity index (χ0v) is 13.8. The number of hydrogen-bond donors (Lipinski definition) is 1. The van der Waals surface area contributed by atoms with Crippen LogP contribution in [0, 0.1) is 13.8 Å². The monoisotopic (exact) mass is 303 g/mol. The van der Waals surface area contributed by atoms with Crippen LogP contribution in [0.5, 0.6) is 5.75 Å². The normalized spacial score (nSPS) is 10.7. The van der Waals surface area contributed by atoms with Crippen LogP contribution < -0.4 is 10.1 Å². The molecule has 1 N–H and O–H groups in total. The molecule has 0 aliphatic rings. The summed E-state index contributed by atoms with van der Waals surface area (Å²) in [7, 11) is 1.71. The largest absolute Gasteiger partial charge is 0.496 e. The first kappa shape index (κ1) is 15.9. The standard InChI is InChI=1S/C18H22ClNO/c1-5-20-11-14-6-7-15(19)10-17(14)16-8-13(3)18(21-4)9-12(16)2/h6-10,20H,5,11H2,1-4H3. The highest BCUT2D eigenvalue weighted by molar-refractivity contribution is 6.30. The van der Waals surface area contributed by atoms with Crippen molar-refractivity contribution in [3.63, 3.8) is 0 Å². The van der Waals surface area contributed by atoms with Gasteiger partial charge in [-0.15, -0.1) is 0 Å². The number of benzene rings is 2. The van der Waals surface area contributed by atoms with E-state index in [2.05, 4.69) is 44.3 Å². The second-order valence-electron chi connectivity index (χ2n) is 5.22. The van der Waals surface area contributed by atoms with E-state index in [1.54, 1.807) is 7.11 Å². The summed E-state index contributed by atoms with van der Waals surface area (Å²) in [6.07, 6.45) is 0. The fourth-order valence-electron chi connectivity index (χ4n) is 2.51. The molecular formula is C18H22ClNO. The Hall–Kier alpha value is -1.51. The molecule has 2 aromatic carbocycles. The van der Waals surface area contributed by atoms with E-state index in [1.807, 2.05) is 12.1 Å². The summed E-state index contributed by atoms with van der Waals surface area (Å²) >= 11 is 6.21. The predicted octanol–water partition coefficient (Wildman–Crippen LogP) is 4.74. The van der Waals surface area contributed by atoms with Gasteiger partial charge in [0.1, 0.15) is 5.75 Å². The van der Waals surface area contributed by atoms with Crippen molar-refractivity contribution in [2.45, 2.75) is 27.3 Å². The van der Waals surface area contributed by atoms with Crippen LogP contribution in [0.1, 0.15) is 23.6 Å². The molecule has 3 heteroatoms. The summed E-state index contributed by atoms with van der Waals surface area (Å²) in [5.74, 6) is 0.923. The molecule has 0 heterocycles. The van der Waals surface area contributed by atoms with E-state index in [0.29, 0.717) is 0 Å². The summed E-state index contributed by atoms with van der Waals surface area (Å²) in [4.78, 5) is 0. The molecule has 21 heavy (non-hydrogen) atoms. The Morgan fingerprint density at radius 3 is 2.48 bits per heavy atom. The number of halogens is 1. The number of aryl methyl sites for hydroxylation is 2. The van der Waals surface area contributed by atoms with Crippen molar-refractivity contribution in [3.8, 4) is 16.9 Å². The number of methoxy groups -OCH3 is 1. The highest BCUT2D eigenvalue weighted by atomic mass is 35.5. The average molecular weight is 304 g/mol. The molecule has 0 aliphatic carbocycles. The van der Waals surface area contributed by atoms with Crippen LogP contribution in [0.4, 0.5) is 0 Å². The highest BCUT2D eigenvalue weighted by Crippen LogP contribution is 2.33. The van der Waals surface area contributed by atoms with Crippen molar-refractivity contribution >= 4 is 11.6 Å². The Balaban J connectivity index is 2.54. The van der Waals surface area contributed by atoms with Gasteiger partial charge in [0.25, 0.3) is 0 Å². The number of rotatable bonds is 5. The first-order valence-electron chi connectivity index (χ1n) is 7.21. The summed E-state index contributed by atoms with van der Waals surface area (Å²) in [6.45, 7) is 8.07. The first-order valence-corrected chi connectivity index (χ1v) is 7.59. The maximum Gasteiger partial charge on any atom is 0.122 e. The highest BCUT2D eigenvalue weighted by Gasteiger charge is 2.11. The number of hydrogen-bond acceptors (Lipinski definition) is 2. The van der Waals surface area contributed by atoms with Crippen LogP contribution in [0.2, 0.25) is 5.02 Å². The van der Waals surface area contributed by atoms with Gasteiger partial charge in [-0.1, -0.05) is 24.6 Å². The van der Waals surface area contributed by atoms with Crippen molar-refractivity contribution < 1.29 is 4.74 Å². The van der Waals surface area contributed by atoms with Crippen LogP contribution in [0.3, 0.4) is 0 Å². The summed E-state index contributed by atoms with van der Waals surface area (Å²) < 4.78 is 5.40. The summed E-state index contributed by atoms with van der Waals surface area (Å²) in [5, 5.41) is 4.15. The van der Waals surface area contributed by atoms with Gasteiger partial charge in [0.05, 0.1) is 7.11 Å². The summed E-state index contributed by atoms with van der Waals surface area (Å²) in [6, 6.07) is 10.4. The zero-order valence-electron chi connectivity index (χ0n) is 13.1. The molecule has 0 spiro atoms. The van der Waals surface area contributed by atoms with Crippen molar-refractivity contribution in [3.05, 3.63) is 52.0 Å². The number of nitrogens with one attached hydrogen (secondary N) is 1. The molecule has 2 rings (SSSR count). The van der Waals surface area contributed by atoms with Crippen molar-refractivity contribution in [1.82, 2.24) is 5.32 Å². The molecule has 2 aromatic rings. The van der Waals surface area contributed by atoms with Crippen LogP contribution >= 0.6 is 11.6 Å². The molecule has 0 atom stereocenters. The second kappa shape index (κ2) is 6.97. The Morgan fingerprint density at radius 1 is 1.05 bits per heavy atom. The van der Waals surface area contributed by atoms with E-state index in [0.717, 1.165) is 29.4 Å². The lowest BCUT2D eigenvalue weighted by Crippen LogP contribution is -2.12. The molecule has 0 amide bonds. The average Bonchev–Trinajstić information content (AvgIpc) is 2.48. The SMILES string of the molecule is CCNCc1ccc(Cl)cc1-c1cc(C)c(OC)cc1C. The van der Waals surface area contributed by atoms with E-state index >= 15 is 0 Å². The lowest BCUT2D eigenvalue weighted by Gasteiger charge is -2.15. The van der Waals surface area contributed by atoms with Crippen LogP contribution in [-0.4, -0.2) is 13.7 Å². The van der Waals surface area contributed by atoms with Gasteiger partial charge in [-0.2, -0.15) is 0 Å². The van der Waals surface area contributed by atoms with Crippen LogP contribution in [0.15, 0.2) is 30.3 Å². The van der Waals surface area contributed by atoms with Gasteiger partial charge in [0.2, 0.25) is 0 Å². The van der Waals surface area contributed by atoms with E-state index in [-0.39, 0.29) is 0 Å². The van der Waals surface area contributed by atoms with Crippen LogP contribution in [-0.2, 0) is 6.54 Å². The smallest absolute Gasteiger partial charge is 0.122 e. The maximum absolute atomic E-state index is 6.21. The Bertz CT molecular complexity index is 637. The molecule has 0 saturated heterocycles. The van der Waals surface area contributed by atoms with Crippen molar-refractivity contribution in [1.29, 1.82) is 0 Å². The van der Waals surface area contributed by atoms with Crippen molar-refractivity contribution in [2.75, 3.05) is 13.7 Å². The maximum atomic E-state index is 6.21. The molecule has 0 saturated carbocycles. The minimum absolute atomic E-state index is 0.762. The Kier molecular flexibility index (Phi) is 5.27. The first-order chi connectivity index (χ1) is 10.1. The van der Waals surface area contributed by atoms with Gasteiger partial charge < -0.3 is 10.1 Å². The molecule has 0 aromatic heterocycles. The van der Waals surface area contributed by atoms with Gasteiger partial charge in [0, 0.05) is 11.6 Å². The third-order valence-corrected chi connectivity index (χ3v) is 3.90. The lowest BCUT2D eigenvalue weighted by molar-refractivity contribution is 0.411. The van der Waals surface area contributed by atoms with E-state index in [1.165, 1.54) is 22.3 Å². The van der Waals surface area contributed by atoms with Gasteiger partial charge in [-0.3, -0.25) is 0 Å². The van der Waals surface area contributed by atoms with Crippen LogP contribution in [0.25, 0.3) is 11.1 Å². The quantitative estimate of drug-likeness (QED) is 0.861. The zero-order chi connectivity index (χ0) is 15.4. The Morgan fingerprint density at radius 2 is 1.81 bits per heavy atom. The van der Waals surface area contributed by atoms with Gasteiger partial charge in [-0.05, 0) is 72.5 Å². The molecule has 0 unspecified atom stereocenters. The molecule has 2 nitrogen and oxygen atoms in total. The molecular weight excluding hydrogens is 282 g/mol. The fourth-order valence-corrected chi connectivity index (χ4v) is 2.69. The minimum Gasteiger partial charge on any atom is -0.496 e. The van der Waals surface area contributed by atoms with Gasteiger partial charge in [-0.25, -0.2) is 0 Å². The van der Waals surface area contributed by atoms with E-state index < -0.39 is 0 Å². The Labute approximate surface area is 132 Å². The molecule has 0 radical (unpaired) electrons. The second-order valence-corrected chi connectivity index (χ2v) is 5.65. The van der Waals surface area contributed by atoms with Gasteiger partial charge >= 0.3 is 0 Å². The van der Waals surface area contributed by atoms with Gasteiger partial charge in [0.15, 0.2) is 0 Å². The number of ether oxygens (including phenoxy) is 1. The topological polar surface area (TPSA) is 21.3 Å². The fraction of sp³-hybridized carbons (Fsp3) is 0.333. The molecule has 0 bridgehead atoms.